The Morgan fingerprint density at radius 3 is 2.86 bits per heavy atom. The first-order valence-corrected chi connectivity index (χ1v) is 6.38. The van der Waals surface area contributed by atoms with Crippen molar-refractivity contribution in [3.05, 3.63) is 24.8 Å². The number of rotatable bonds is 7. The minimum atomic E-state index is -0.113. The number of benzene rings is 1. The summed E-state index contributed by atoms with van der Waals surface area (Å²) in [6.07, 6.45) is 2.68. The van der Waals surface area contributed by atoms with Gasteiger partial charge in [-0.3, -0.25) is 4.79 Å². The van der Waals surface area contributed by atoms with E-state index in [1.165, 1.54) is 0 Å². The number of carbonyl (C=O) groups is 1. The maximum absolute atomic E-state index is 11.8. The summed E-state index contributed by atoms with van der Waals surface area (Å²) in [5.74, 6) is 1.07. The smallest absolute Gasteiger partial charge is 0.231 e. The maximum atomic E-state index is 11.8. The van der Waals surface area contributed by atoms with E-state index in [9.17, 15) is 4.79 Å². The van der Waals surface area contributed by atoms with Gasteiger partial charge in [0.1, 0.15) is 0 Å². The van der Waals surface area contributed by atoms with Gasteiger partial charge in [-0.25, -0.2) is 0 Å². The molecule has 1 heterocycles. The zero-order valence-corrected chi connectivity index (χ0v) is 12.4. The number of nitrogen functional groups attached to an aromatic ring is 1. The molecule has 0 saturated heterocycles. The lowest BCUT2D eigenvalue weighted by Crippen LogP contribution is -2.13. The highest BCUT2D eigenvalue weighted by Crippen LogP contribution is 2.38. The number of halogens is 1. The van der Waals surface area contributed by atoms with Crippen LogP contribution in [0.3, 0.4) is 0 Å². The van der Waals surface area contributed by atoms with Crippen molar-refractivity contribution < 1.29 is 19.0 Å². The van der Waals surface area contributed by atoms with E-state index in [4.69, 9.17) is 19.9 Å². The van der Waals surface area contributed by atoms with Crippen LogP contribution in [-0.4, -0.2) is 25.9 Å². The number of anilines is 2. The molecule has 0 aliphatic carbocycles. The van der Waals surface area contributed by atoms with E-state index < -0.39 is 0 Å². The first kappa shape index (κ1) is 17.1. The molecule has 1 aromatic carbocycles. The molecule has 21 heavy (non-hydrogen) atoms. The number of carbonyl (C=O) groups excluding carboxylic acids is 1. The second-order valence-electron chi connectivity index (χ2n) is 4.31. The van der Waals surface area contributed by atoms with Crippen LogP contribution in [0.25, 0.3) is 0 Å². The number of hydrogen-bond donors (Lipinski definition) is 2. The van der Waals surface area contributed by atoms with Gasteiger partial charge in [-0.1, -0.05) is 6.08 Å². The second-order valence-corrected chi connectivity index (χ2v) is 4.31. The summed E-state index contributed by atoms with van der Waals surface area (Å²) in [5, 5.41) is 2.76. The molecule has 6 nitrogen and oxygen atoms in total. The summed E-state index contributed by atoms with van der Waals surface area (Å²) in [6, 6.07) is 3.31. The molecule has 1 aliphatic rings. The van der Waals surface area contributed by atoms with E-state index in [1.807, 2.05) is 0 Å². The summed E-state index contributed by atoms with van der Waals surface area (Å²) in [4.78, 5) is 11.8. The van der Waals surface area contributed by atoms with Crippen LogP contribution in [0.1, 0.15) is 12.8 Å². The molecular weight excluding hydrogens is 296 g/mol. The maximum Gasteiger partial charge on any atom is 0.231 e. The fraction of sp³-hybridized carbons (Fsp3) is 0.357. The molecule has 0 unspecified atom stereocenters. The summed E-state index contributed by atoms with van der Waals surface area (Å²) in [7, 11) is 0. The highest BCUT2D eigenvalue weighted by atomic mass is 35.5. The molecule has 0 radical (unpaired) electrons. The first-order chi connectivity index (χ1) is 9.70. The lowest BCUT2D eigenvalue weighted by atomic mass is 10.2. The van der Waals surface area contributed by atoms with Gasteiger partial charge in [0, 0.05) is 25.2 Å². The van der Waals surface area contributed by atoms with Gasteiger partial charge in [0.25, 0.3) is 0 Å². The molecule has 0 aromatic heterocycles. The summed E-state index contributed by atoms with van der Waals surface area (Å²) in [6.45, 7) is 4.74. The molecule has 7 heteroatoms. The quantitative estimate of drug-likeness (QED) is 0.458. The van der Waals surface area contributed by atoms with Crippen molar-refractivity contribution in [2.24, 2.45) is 0 Å². The second kappa shape index (κ2) is 8.39. The Morgan fingerprint density at radius 2 is 2.14 bits per heavy atom. The largest absolute Gasteiger partial charge is 0.454 e. The zero-order valence-electron chi connectivity index (χ0n) is 11.6. The van der Waals surface area contributed by atoms with Gasteiger partial charge in [0.2, 0.25) is 12.7 Å². The number of ether oxygens (including phenoxy) is 3. The topological polar surface area (TPSA) is 82.8 Å². The van der Waals surface area contributed by atoms with E-state index >= 15 is 0 Å². The lowest BCUT2D eigenvalue weighted by Gasteiger charge is -2.09. The van der Waals surface area contributed by atoms with Gasteiger partial charge in [0.15, 0.2) is 11.5 Å². The van der Waals surface area contributed by atoms with Crippen molar-refractivity contribution in [3.63, 3.8) is 0 Å². The molecule has 116 valence electrons. The molecule has 1 amide bonds. The van der Waals surface area contributed by atoms with E-state index in [1.54, 1.807) is 18.2 Å². The third kappa shape index (κ3) is 4.84. The van der Waals surface area contributed by atoms with Crippen LogP contribution in [0.5, 0.6) is 11.5 Å². The van der Waals surface area contributed by atoms with Crippen LogP contribution in [0, 0.1) is 0 Å². The molecule has 3 N–H and O–H groups in total. The summed E-state index contributed by atoms with van der Waals surface area (Å²) < 4.78 is 15.7. The molecule has 1 aromatic rings. The highest BCUT2D eigenvalue weighted by molar-refractivity contribution is 5.94. The van der Waals surface area contributed by atoms with Crippen molar-refractivity contribution in [2.75, 3.05) is 31.1 Å². The van der Waals surface area contributed by atoms with E-state index in [-0.39, 0.29) is 25.1 Å². The monoisotopic (exact) mass is 314 g/mol. The normalized spacial score (nSPS) is 11.6. The Labute approximate surface area is 129 Å². The van der Waals surface area contributed by atoms with E-state index in [2.05, 4.69) is 11.9 Å². The molecule has 0 spiro atoms. The average Bonchev–Trinajstić information content (AvgIpc) is 2.86. The molecule has 2 rings (SSSR count). The number of nitrogens with two attached hydrogens (primary N) is 1. The first-order valence-electron chi connectivity index (χ1n) is 6.38. The Hall–Kier alpha value is -1.92. The fourth-order valence-corrected chi connectivity index (χ4v) is 1.78. The SMILES string of the molecule is C=CCOCCCC(=O)Nc1cc2c(cc1N)OCO2.Cl. The van der Waals surface area contributed by atoms with Crippen molar-refractivity contribution in [1.82, 2.24) is 0 Å². The van der Waals surface area contributed by atoms with Gasteiger partial charge in [-0.05, 0) is 6.42 Å². The highest BCUT2D eigenvalue weighted by Gasteiger charge is 2.17. The Morgan fingerprint density at radius 1 is 1.43 bits per heavy atom. The minimum Gasteiger partial charge on any atom is -0.454 e. The number of fused-ring (bicyclic) bond motifs is 1. The van der Waals surface area contributed by atoms with Crippen LogP contribution >= 0.6 is 12.4 Å². The van der Waals surface area contributed by atoms with Gasteiger partial charge in [-0.2, -0.15) is 0 Å². The van der Waals surface area contributed by atoms with Gasteiger partial charge in [-0.15, -0.1) is 19.0 Å². The van der Waals surface area contributed by atoms with Gasteiger partial charge >= 0.3 is 0 Å². The zero-order chi connectivity index (χ0) is 14.4. The average molecular weight is 315 g/mol. The van der Waals surface area contributed by atoms with Crippen LogP contribution in [-0.2, 0) is 9.53 Å². The third-order valence-corrected chi connectivity index (χ3v) is 2.75. The number of amides is 1. The number of nitrogens with one attached hydrogen (secondary N) is 1. The van der Waals surface area contributed by atoms with E-state index in [0.717, 1.165) is 0 Å². The van der Waals surface area contributed by atoms with Crippen LogP contribution in [0.2, 0.25) is 0 Å². The van der Waals surface area contributed by atoms with Crippen molar-refractivity contribution in [1.29, 1.82) is 0 Å². The summed E-state index contributed by atoms with van der Waals surface area (Å²) >= 11 is 0. The molecular formula is C14H19ClN2O4. The van der Waals surface area contributed by atoms with Crippen molar-refractivity contribution in [3.8, 4) is 11.5 Å². The Kier molecular flexibility index (Phi) is 6.84. The van der Waals surface area contributed by atoms with Crippen LogP contribution in [0.15, 0.2) is 24.8 Å². The summed E-state index contributed by atoms with van der Waals surface area (Å²) in [5.41, 5.74) is 6.83. The molecule has 0 atom stereocenters. The minimum absolute atomic E-state index is 0. The molecule has 0 saturated carbocycles. The van der Waals surface area contributed by atoms with E-state index in [0.29, 0.717) is 48.9 Å². The van der Waals surface area contributed by atoms with Crippen molar-refractivity contribution >= 4 is 29.7 Å². The molecule has 1 aliphatic heterocycles. The third-order valence-electron chi connectivity index (χ3n) is 2.75. The predicted octanol–water partition coefficient (Wildman–Crippen LogP) is 2.34. The standard InChI is InChI=1S/C14H18N2O4.ClH/c1-2-5-18-6-3-4-14(17)16-11-8-13-12(7-10(11)15)19-9-20-13;/h2,7-8H,1,3-6,9,15H2,(H,16,17);1H. The van der Waals surface area contributed by atoms with Crippen LogP contribution < -0.4 is 20.5 Å². The number of hydrogen-bond acceptors (Lipinski definition) is 5. The fourth-order valence-electron chi connectivity index (χ4n) is 1.78. The van der Waals surface area contributed by atoms with Gasteiger partial charge < -0.3 is 25.3 Å². The van der Waals surface area contributed by atoms with Gasteiger partial charge in [0.05, 0.1) is 18.0 Å². The molecule has 0 bridgehead atoms. The predicted molar refractivity (Wildman–Crippen MR) is 83.1 cm³/mol. The Bertz CT molecular complexity index is 508. The lowest BCUT2D eigenvalue weighted by molar-refractivity contribution is -0.116. The van der Waals surface area contributed by atoms with Crippen LogP contribution in [0.4, 0.5) is 11.4 Å². The molecule has 0 fully saturated rings. The van der Waals surface area contributed by atoms with Crippen molar-refractivity contribution in [2.45, 2.75) is 12.8 Å². The Balaban J connectivity index is 0.00000220.